The lowest BCUT2D eigenvalue weighted by atomic mass is 9.85. The smallest absolute Gasteiger partial charge is 0.0927 e. The average Bonchev–Trinajstić information content (AvgIpc) is 2.10. The molecule has 1 rings (SSSR count). The first kappa shape index (κ1) is 11.8. The van der Waals surface area contributed by atoms with E-state index in [-0.39, 0.29) is 5.41 Å². The lowest BCUT2D eigenvalue weighted by molar-refractivity contribution is 0.112. The largest absolute Gasteiger partial charge is 0.501 e. The van der Waals surface area contributed by atoms with Gasteiger partial charge in [-0.1, -0.05) is 6.92 Å². The van der Waals surface area contributed by atoms with Crippen molar-refractivity contribution in [1.82, 2.24) is 0 Å². The molecule has 0 radical (unpaired) electrons. The Labute approximate surface area is 89.2 Å². The molecular formula is C11H20O2S. The van der Waals surface area contributed by atoms with Gasteiger partial charge in [-0.15, -0.1) is 0 Å². The predicted octanol–water partition coefficient (Wildman–Crippen LogP) is 2.48. The fourth-order valence-electron chi connectivity index (χ4n) is 1.50. The highest BCUT2D eigenvalue weighted by atomic mass is 32.2. The molecule has 0 unspecified atom stereocenters. The van der Waals surface area contributed by atoms with Gasteiger partial charge in [0.15, 0.2) is 0 Å². The van der Waals surface area contributed by atoms with E-state index in [1.165, 1.54) is 5.57 Å². The topological polar surface area (TPSA) is 26.3 Å². The van der Waals surface area contributed by atoms with E-state index >= 15 is 0 Å². The lowest BCUT2D eigenvalue weighted by Crippen LogP contribution is -2.31. The second-order valence-corrected chi connectivity index (χ2v) is 6.36. The molecule has 0 saturated carbocycles. The first-order valence-corrected chi connectivity index (χ1v) is 6.61. The van der Waals surface area contributed by atoms with E-state index in [1.54, 1.807) is 0 Å². The molecule has 0 atom stereocenters. The quantitative estimate of drug-likeness (QED) is 0.677. The van der Waals surface area contributed by atoms with E-state index in [9.17, 15) is 4.21 Å². The molecule has 0 spiro atoms. The third-order valence-electron chi connectivity index (χ3n) is 2.62. The van der Waals surface area contributed by atoms with Crippen LogP contribution in [0.5, 0.6) is 0 Å². The molecule has 82 valence electrons. The van der Waals surface area contributed by atoms with Gasteiger partial charge in [0.05, 0.1) is 12.9 Å². The highest BCUT2D eigenvalue weighted by Gasteiger charge is 2.29. The van der Waals surface area contributed by atoms with Gasteiger partial charge in [0.25, 0.3) is 0 Å². The Kier molecular flexibility index (Phi) is 4.17. The summed E-state index contributed by atoms with van der Waals surface area (Å²) in [5.41, 5.74) is 1.42. The molecule has 0 aliphatic carbocycles. The Hall–Kier alpha value is -0.310. The minimum atomic E-state index is -0.572. The first-order valence-electron chi connectivity index (χ1n) is 5.12. The van der Waals surface area contributed by atoms with Crippen molar-refractivity contribution in [2.75, 3.05) is 18.1 Å². The van der Waals surface area contributed by atoms with Gasteiger partial charge in [-0.2, -0.15) is 0 Å². The summed E-state index contributed by atoms with van der Waals surface area (Å²) in [6.45, 7) is 7.04. The molecular weight excluding hydrogens is 196 g/mol. The number of hydrogen-bond donors (Lipinski definition) is 0. The Bertz CT molecular complexity index is 232. The molecule has 0 aromatic carbocycles. The van der Waals surface area contributed by atoms with E-state index in [0.29, 0.717) is 0 Å². The average molecular weight is 216 g/mol. The third kappa shape index (κ3) is 3.82. The van der Waals surface area contributed by atoms with Crippen LogP contribution in [-0.4, -0.2) is 22.3 Å². The summed E-state index contributed by atoms with van der Waals surface area (Å²) >= 11 is 0. The maximum absolute atomic E-state index is 11.2. The van der Waals surface area contributed by atoms with Crippen molar-refractivity contribution in [3.63, 3.8) is 0 Å². The number of allylic oxidation sites excluding steroid dienone is 1. The molecule has 0 amide bonds. The molecule has 3 heteroatoms. The Morgan fingerprint density at radius 3 is 2.50 bits per heavy atom. The van der Waals surface area contributed by atoms with E-state index < -0.39 is 10.8 Å². The minimum absolute atomic E-state index is 0.236. The molecule has 14 heavy (non-hydrogen) atoms. The van der Waals surface area contributed by atoms with Crippen LogP contribution >= 0.6 is 0 Å². The van der Waals surface area contributed by atoms with Crippen LogP contribution in [0.3, 0.4) is 0 Å². The molecule has 1 aliphatic rings. The summed E-state index contributed by atoms with van der Waals surface area (Å²) in [6.07, 6.45) is 3.86. The minimum Gasteiger partial charge on any atom is -0.501 e. The van der Waals surface area contributed by atoms with Gasteiger partial charge < -0.3 is 4.74 Å². The summed E-state index contributed by atoms with van der Waals surface area (Å²) in [4.78, 5) is 0. The number of hydrogen-bond acceptors (Lipinski definition) is 2. The summed E-state index contributed by atoms with van der Waals surface area (Å²) in [7, 11) is -0.572. The standard InChI is InChI=1S/C11H20O2S/c1-10(2)8-13-9-11(3)4-6-14(12)7-5-11/h8H,4-7,9H2,1-3H3. The van der Waals surface area contributed by atoms with Crippen molar-refractivity contribution in [3.8, 4) is 0 Å². The van der Waals surface area contributed by atoms with E-state index in [1.807, 2.05) is 20.1 Å². The molecule has 1 aliphatic heterocycles. The monoisotopic (exact) mass is 216 g/mol. The highest BCUT2D eigenvalue weighted by molar-refractivity contribution is 7.85. The first-order chi connectivity index (χ1) is 6.52. The van der Waals surface area contributed by atoms with Crippen LogP contribution < -0.4 is 0 Å². The van der Waals surface area contributed by atoms with Gasteiger partial charge in [0, 0.05) is 27.7 Å². The Balaban J connectivity index is 2.35. The van der Waals surface area contributed by atoms with Crippen molar-refractivity contribution >= 4 is 10.8 Å². The molecule has 1 fully saturated rings. The van der Waals surface area contributed by atoms with Gasteiger partial charge in [0.2, 0.25) is 0 Å². The molecule has 2 nitrogen and oxygen atoms in total. The van der Waals surface area contributed by atoms with Gasteiger partial charge in [-0.25, -0.2) is 0 Å². The summed E-state index contributed by atoms with van der Waals surface area (Å²) in [5.74, 6) is 1.68. The second-order valence-electron chi connectivity index (χ2n) is 4.66. The summed E-state index contributed by atoms with van der Waals surface area (Å²) in [5, 5.41) is 0. The van der Waals surface area contributed by atoms with Crippen molar-refractivity contribution < 1.29 is 8.95 Å². The van der Waals surface area contributed by atoms with Crippen molar-refractivity contribution in [2.45, 2.75) is 33.6 Å². The van der Waals surface area contributed by atoms with Crippen LogP contribution in [0.4, 0.5) is 0 Å². The summed E-state index contributed by atoms with van der Waals surface area (Å²) in [6, 6.07) is 0. The normalized spacial score (nSPS) is 32.4. The maximum atomic E-state index is 11.2. The second kappa shape index (κ2) is 4.96. The van der Waals surface area contributed by atoms with E-state index in [0.717, 1.165) is 31.0 Å². The number of ether oxygens (including phenoxy) is 1. The van der Waals surface area contributed by atoms with Gasteiger partial charge in [-0.05, 0) is 32.3 Å². The Morgan fingerprint density at radius 2 is 2.00 bits per heavy atom. The molecule has 0 bridgehead atoms. The van der Waals surface area contributed by atoms with Crippen LogP contribution in [0, 0.1) is 5.41 Å². The molecule has 0 aromatic rings. The van der Waals surface area contributed by atoms with Crippen molar-refractivity contribution in [2.24, 2.45) is 5.41 Å². The van der Waals surface area contributed by atoms with Crippen LogP contribution in [0.25, 0.3) is 0 Å². The van der Waals surface area contributed by atoms with Crippen molar-refractivity contribution in [3.05, 3.63) is 11.8 Å². The maximum Gasteiger partial charge on any atom is 0.0927 e. The fraction of sp³-hybridized carbons (Fsp3) is 0.818. The molecule has 1 heterocycles. The van der Waals surface area contributed by atoms with E-state index in [4.69, 9.17) is 4.74 Å². The number of rotatable bonds is 3. The Morgan fingerprint density at radius 1 is 1.43 bits per heavy atom. The van der Waals surface area contributed by atoms with Gasteiger partial charge >= 0.3 is 0 Å². The van der Waals surface area contributed by atoms with Gasteiger partial charge in [-0.3, -0.25) is 4.21 Å². The molecule has 0 aromatic heterocycles. The van der Waals surface area contributed by atoms with Gasteiger partial charge in [0.1, 0.15) is 0 Å². The molecule has 0 N–H and O–H groups in total. The SMILES string of the molecule is CC(C)=COCC1(C)CCS(=O)CC1. The van der Waals surface area contributed by atoms with Crippen molar-refractivity contribution in [1.29, 1.82) is 0 Å². The summed E-state index contributed by atoms with van der Waals surface area (Å²) < 4.78 is 16.7. The predicted molar refractivity (Wildman–Crippen MR) is 60.6 cm³/mol. The fourth-order valence-corrected chi connectivity index (χ4v) is 3.15. The van der Waals surface area contributed by atoms with Crippen LogP contribution in [0.2, 0.25) is 0 Å². The zero-order valence-corrected chi connectivity index (χ0v) is 10.2. The lowest BCUT2D eigenvalue weighted by Gasteiger charge is -2.32. The van der Waals surface area contributed by atoms with E-state index in [2.05, 4.69) is 6.92 Å². The van der Waals surface area contributed by atoms with Crippen LogP contribution in [-0.2, 0) is 15.5 Å². The van der Waals surface area contributed by atoms with Crippen LogP contribution in [0.15, 0.2) is 11.8 Å². The third-order valence-corrected chi connectivity index (χ3v) is 3.94. The highest BCUT2D eigenvalue weighted by Crippen LogP contribution is 2.31. The zero-order chi connectivity index (χ0) is 10.6. The molecule has 1 saturated heterocycles. The van der Waals surface area contributed by atoms with Crippen LogP contribution in [0.1, 0.15) is 33.6 Å². The zero-order valence-electron chi connectivity index (χ0n) is 9.34.